The van der Waals surface area contributed by atoms with Crippen LogP contribution in [0, 0.1) is 0 Å². The molecule has 0 aliphatic heterocycles. The first-order chi connectivity index (χ1) is 8.49. The topological polar surface area (TPSA) is 79.8 Å². The van der Waals surface area contributed by atoms with Gasteiger partial charge in [-0.15, -0.1) is 0 Å². The summed E-state index contributed by atoms with van der Waals surface area (Å²) in [5.74, 6) is 0.904. The van der Waals surface area contributed by atoms with Crippen LogP contribution in [0.3, 0.4) is 0 Å². The van der Waals surface area contributed by atoms with Crippen molar-refractivity contribution in [1.82, 2.24) is 10.6 Å². The zero-order valence-corrected chi connectivity index (χ0v) is 12.3. The smallest absolute Gasteiger partial charge is 0.191 e. The molecule has 0 aromatic carbocycles. The van der Waals surface area contributed by atoms with Gasteiger partial charge in [0.25, 0.3) is 0 Å². The van der Waals surface area contributed by atoms with Crippen molar-refractivity contribution in [2.45, 2.75) is 19.8 Å². The van der Waals surface area contributed by atoms with Crippen LogP contribution in [0.5, 0.6) is 0 Å². The van der Waals surface area contributed by atoms with E-state index in [1.54, 1.807) is 7.11 Å². The molecular weight excluding hydrogens is 254 g/mol. The number of ether oxygens (including phenoxy) is 1. The molecule has 0 aromatic heterocycles. The van der Waals surface area contributed by atoms with Crippen LogP contribution in [-0.4, -0.2) is 59.7 Å². The molecule has 0 atom stereocenters. The molecule has 0 rings (SSSR count). The van der Waals surface area contributed by atoms with Crippen molar-refractivity contribution in [2.24, 2.45) is 4.99 Å². The monoisotopic (exact) mass is 279 g/mol. The largest absolute Gasteiger partial charge is 0.385 e. The Labute approximate surface area is 110 Å². The summed E-state index contributed by atoms with van der Waals surface area (Å²) in [4.78, 5) is 4.30. The molecule has 6 nitrogen and oxygen atoms in total. The minimum atomic E-state index is -2.89. The van der Waals surface area contributed by atoms with E-state index in [0.717, 1.165) is 25.5 Å². The molecule has 108 valence electrons. The van der Waals surface area contributed by atoms with Crippen LogP contribution in [0.25, 0.3) is 0 Å². The summed E-state index contributed by atoms with van der Waals surface area (Å²) in [5.41, 5.74) is 0. The zero-order valence-electron chi connectivity index (χ0n) is 11.5. The van der Waals surface area contributed by atoms with Crippen LogP contribution in [0.2, 0.25) is 0 Å². The first-order valence-corrected chi connectivity index (χ1v) is 8.24. The minimum Gasteiger partial charge on any atom is -0.385 e. The Hall–Kier alpha value is -0.820. The molecule has 0 aliphatic rings. The Morgan fingerprint density at radius 3 is 2.56 bits per heavy atom. The number of methoxy groups -OCH3 is 1. The van der Waals surface area contributed by atoms with Crippen molar-refractivity contribution in [3.63, 3.8) is 0 Å². The standard InChI is InChI=1S/C11H25N3O3S/c1-4-12-11(13-7-5-9-17-2)14-8-6-10-18(3,15)16/h4-10H2,1-3H3,(H2,12,13,14). The summed E-state index contributed by atoms with van der Waals surface area (Å²) in [5, 5.41) is 6.27. The van der Waals surface area contributed by atoms with Crippen molar-refractivity contribution in [1.29, 1.82) is 0 Å². The maximum Gasteiger partial charge on any atom is 0.191 e. The lowest BCUT2D eigenvalue weighted by atomic mass is 10.4. The average Bonchev–Trinajstić information content (AvgIpc) is 2.28. The van der Waals surface area contributed by atoms with Gasteiger partial charge in [-0.05, 0) is 19.8 Å². The van der Waals surface area contributed by atoms with Gasteiger partial charge >= 0.3 is 0 Å². The fourth-order valence-corrected chi connectivity index (χ4v) is 1.94. The molecule has 0 spiro atoms. The number of nitrogens with zero attached hydrogens (tertiary/aromatic N) is 1. The Morgan fingerprint density at radius 1 is 1.28 bits per heavy atom. The first-order valence-electron chi connectivity index (χ1n) is 6.18. The van der Waals surface area contributed by atoms with Crippen LogP contribution in [0.1, 0.15) is 19.8 Å². The second kappa shape index (κ2) is 10.1. The predicted octanol–water partition coefficient (Wildman–Crippen LogP) is 0.0127. The van der Waals surface area contributed by atoms with Crippen LogP contribution in [0.15, 0.2) is 4.99 Å². The van der Waals surface area contributed by atoms with Crippen molar-refractivity contribution in [2.75, 3.05) is 45.4 Å². The Balaban J connectivity index is 3.91. The lowest BCUT2D eigenvalue weighted by molar-refractivity contribution is 0.195. The number of nitrogens with one attached hydrogen (secondary N) is 2. The summed E-state index contributed by atoms with van der Waals surface area (Å²) in [6.45, 7) is 4.77. The summed E-state index contributed by atoms with van der Waals surface area (Å²) in [6.07, 6.45) is 2.70. The Kier molecular flexibility index (Phi) is 9.67. The number of hydrogen-bond acceptors (Lipinski definition) is 4. The number of hydrogen-bond donors (Lipinski definition) is 2. The van der Waals surface area contributed by atoms with Crippen molar-refractivity contribution < 1.29 is 13.2 Å². The molecule has 0 amide bonds. The fraction of sp³-hybridized carbons (Fsp3) is 0.909. The van der Waals surface area contributed by atoms with Gasteiger partial charge in [-0.3, -0.25) is 4.99 Å². The van der Waals surface area contributed by atoms with E-state index in [1.165, 1.54) is 6.26 Å². The van der Waals surface area contributed by atoms with Gasteiger partial charge in [-0.1, -0.05) is 0 Å². The van der Waals surface area contributed by atoms with Gasteiger partial charge in [0.1, 0.15) is 9.84 Å². The van der Waals surface area contributed by atoms with Crippen LogP contribution < -0.4 is 10.6 Å². The number of rotatable bonds is 9. The highest BCUT2D eigenvalue weighted by Gasteiger charge is 2.01. The first kappa shape index (κ1) is 17.2. The highest BCUT2D eigenvalue weighted by atomic mass is 32.2. The molecule has 0 aliphatic carbocycles. The molecule has 0 saturated carbocycles. The molecule has 18 heavy (non-hydrogen) atoms. The predicted molar refractivity (Wildman–Crippen MR) is 74.8 cm³/mol. The summed E-state index contributed by atoms with van der Waals surface area (Å²) < 4.78 is 26.9. The SMILES string of the molecule is CCNC(=NCCCS(C)(=O)=O)NCCCOC. The van der Waals surface area contributed by atoms with E-state index in [0.29, 0.717) is 19.6 Å². The molecule has 0 fully saturated rings. The summed E-state index contributed by atoms with van der Waals surface area (Å²) in [6, 6.07) is 0. The highest BCUT2D eigenvalue weighted by molar-refractivity contribution is 7.90. The van der Waals surface area contributed by atoms with Crippen molar-refractivity contribution in [3.05, 3.63) is 0 Å². The van der Waals surface area contributed by atoms with E-state index in [2.05, 4.69) is 15.6 Å². The normalized spacial score (nSPS) is 12.5. The lowest BCUT2D eigenvalue weighted by Crippen LogP contribution is -2.38. The number of aliphatic imine (C=N–C) groups is 1. The molecule has 0 radical (unpaired) electrons. The quantitative estimate of drug-likeness (QED) is 0.353. The van der Waals surface area contributed by atoms with Crippen LogP contribution in [-0.2, 0) is 14.6 Å². The third kappa shape index (κ3) is 11.7. The van der Waals surface area contributed by atoms with Gasteiger partial charge in [-0.25, -0.2) is 8.42 Å². The van der Waals surface area contributed by atoms with E-state index in [4.69, 9.17) is 4.74 Å². The maximum absolute atomic E-state index is 11.0. The van der Waals surface area contributed by atoms with Gasteiger partial charge in [0.15, 0.2) is 5.96 Å². The van der Waals surface area contributed by atoms with Crippen LogP contribution in [0.4, 0.5) is 0 Å². The fourth-order valence-electron chi connectivity index (χ4n) is 1.28. The van der Waals surface area contributed by atoms with Crippen LogP contribution >= 0.6 is 0 Å². The van der Waals surface area contributed by atoms with E-state index < -0.39 is 9.84 Å². The second-order valence-electron chi connectivity index (χ2n) is 4.02. The lowest BCUT2D eigenvalue weighted by Gasteiger charge is -2.10. The maximum atomic E-state index is 11.0. The molecule has 0 aromatic rings. The average molecular weight is 279 g/mol. The van der Waals surface area contributed by atoms with Crippen molar-refractivity contribution in [3.8, 4) is 0 Å². The van der Waals surface area contributed by atoms with Gasteiger partial charge in [0, 0.05) is 39.6 Å². The Morgan fingerprint density at radius 2 is 2.00 bits per heavy atom. The Bertz CT molecular complexity index is 328. The van der Waals surface area contributed by atoms with E-state index >= 15 is 0 Å². The molecule has 0 unspecified atom stereocenters. The number of guanidine groups is 1. The number of sulfone groups is 1. The van der Waals surface area contributed by atoms with E-state index in [-0.39, 0.29) is 5.75 Å². The van der Waals surface area contributed by atoms with Gasteiger partial charge in [0.05, 0.1) is 5.75 Å². The highest BCUT2D eigenvalue weighted by Crippen LogP contribution is 1.89. The minimum absolute atomic E-state index is 0.180. The molecule has 0 bridgehead atoms. The molecule has 2 N–H and O–H groups in total. The van der Waals surface area contributed by atoms with E-state index in [1.807, 2.05) is 6.92 Å². The molecule has 7 heteroatoms. The van der Waals surface area contributed by atoms with Gasteiger partial charge in [0.2, 0.25) is 0 Å². The molecule has 0 saturated heterocycles. The van der Waals surface area contributed by atoms with Crippen molar-refractivity contribution >= 4 is 15.8 Å². The second-order valence-corrected chi connectivity index (χ2v) is 6.28. The van der Waals surface area contributed by atoms with E-state index in [9.17, 15) is 8.42 Å². The molecule has 0 heterocycles. The summed E-state index contributed by atoms with van der Waals surface area (Å²) >= 11 is 0. The summed E-state index contributed by atoms with van der Waals surface area (Å²) in [7, 11) is -1.21. The third-order valence-corrected chi connectivity index (χ3v) is 3.14. The third-order valence-electron chi connectivity index (χ3n) is 2.11. The van der Waals surface area contributed by atoms with Gasteiger partial charge < -0.3 is 15.4 Å². The van der Waals surface area contributed by atoms with Gasteiger partial charge in [-0.2, -0.15) is 0 Å². The zero-order chi connectivity index (χ0) is 13.9. The molecular formula is C11H25N3O3S.